The summed E-state index contributed by atoms with van der Waals surface area (Å²) in [6.45, 7) is 0. The number of hydrogen-bond acceptors (Lipinski definition) is 4. The van der Waals surface area contributed by atoms with Gasteiger partial charge in [0.1, 0.15) is 0 Å². The van der Waals surface area contributed by atoms with E-state index in [1.807, 2.05) is 0 Å². The summed E-state index contributed by atoms with van der Waals surface area (Å²) in [4.78, 5) is 0. The average Bonchev–Trinajstić information content (AvgIpc) is 2.87. The molecule has 0 spiro atoms. The van der Waals surface area contributed by atoms with Crippen molar-refractivity contribution in [2.45, 2.75) is 48.2 Å². The Balaban J connectivity index is 2.72. The lowest BCUT2D eigenvalue weighted by Gasteiger charge is -2.28. The molecule has 0 saturated carbocycles. The molecule has 0 aliphatic carbocycles. The molecule has 2 heterocycles. The molecule has 3 atom stereocenters. The zero-order valence-electron chi connectivity index (χ0n) is 12.7. The zero-order chi connectivity index (χ0) is 24.0. The molecule has 0 amide bonds. The first kappa shape index (κ1) is 24.4. The van der Waals surface area contributed by atoms with Crippen LogP contribution in [-0.4, -0.2) is 48.2 Å². The Labute approximate surface area is 150 Å². The van der Waals surface area contributed by atoms with Crippen molar-refractivity contribution in [3.63, 3.8) is 0 Å². The van der Waals surface area contributed by atoms with E-state index in [-0.39, 0.29) is 0 Å². The lowest BCUT2D eigenvalue weighted by atomic mass is 10.2. The summed E-state index contributed by atoms with van der Waals surface area (Å²) in [5.41, 5.74) is 0. The molecule has 4 nitrogen and oxygen atoms in total. The Hall–Kier alpha value is -1.86. The van der Waals surface area contributed by atoms with Crippen molar-refractivity contribution in [3.8, 4) is 0 Å². The van der Waals surface area contributed by atoms with Crippen molar-refractivity contribution in [1.82, 2.24) is 0 Å². The van der Waals surface area contributed by atoms with Crippen molar-refractivity contribution in [2.75, 3.05) is 0 Å². The third-order valence-electron chi connectivity index (χ3n) is 3.33. The largest absolute Gasteiger partial charge is 0.483 e. The van der Waals surface area contributed by atoms with Crippen molar-refractivity contribution in [2.24, 2.45) is 0 Å². The van der Waals surface area contributed by atoms with Crippen LogP contribution < -0.4 is 0 Å². The van der Waals surface area contributed by atoms with Crippen molar-refractivity contribution < 1.29 is 89.2 Å². The van der Waals surface area contributed by atoms with Crippen LogP contribution in [0.4, 0.5) is 70.2 Å². The second kappa shape index (κ2) is 5.88. The van der Waals surface area contributed by atoms with Gasteiger partial charge < -0.3 is 9.47 Å². The number of hydrogen-bond donors (Lipinski definition) is 0. The van der Waals surface area contributed by atoms with Crippen molar-refractivity contribution >= 4 is 0 Å². The summed E-state index contributed by atoms with van der Waals surface area (Å²) in [6.07, 6.45) is -34.3. The summed E-state index contributed by atoms with van der Waals surface area (Å²) in [6, 6.07) is 0. The van der Waals surface area contributed by atoms with E-state index in [0.717, 1.165) is 0 Å². The van der Waals surface area contributed by atoms with Gasteiger partial charge in [0, 0.05) is 0 Å². The molecular formula is C10F16O4. The topological polar surface area (TPSA) is 36.9 Å². The summed E-state index contributed by atoms with van der Waals surface area (Å²) in [7, 11) is 0. The van der Waals surface area contributed by atoms with Crippen LogP contribution in [0.2, 0.25) is 0 Å². The zero-order valence-corrected chi connectivity index (χ0v) is 12.7. The molecule has 0 N–H and O–H groups in total. The van der Waals surface area contributed by atoms with Crippen LogP contribution in [0.3, 0.4) is 0 Å². The van der Waals surface area contributed by atoms with Crippen LogP contribution in [0, 0.1) is 0 Å². The minimum absolute atomic E-state index is 2.32. The number of ether oxygens (including phenoxy) is 4. The second-order valence-electron chi connectivity index (χ2n) is 5.34. The fourth-order valence-electron chi connectivity index (χ4n) is 1.91. The van der Waals surface area contributed by atoms with Crippen molar-refractivity contribution in [1.29, 1.82) is 0 Å². The van der Waals surface area contributed by atoms with Gasteiger partial charge in [-0.2, -0.15) is 70.2 Å². The first-order valence-electron chi connectivity index (χ1n) is 6.41. The van der Waals surface area contributed by atoms with Crippen molar-refractivity contribution in [3.05, 3.63) is 11.8 Å². The molecule has 0 aromatic heterocycles. The SMILES string of the molecule is F/C(=C1/OC(F)(F)C(F)(C(F)(F)F)O1)C1(C(F)(F)F)OC(F)(F)C(F)(C(F)(F)F)O1. The fraction of sp³-hybridized carbons (Fsp3) is 0.800. The van der Waals surface area contributed by atoms with Crippen LogP contribution in [0.5, 0.6) is 0 Å². The van der Waals surface area contributed by atoms with Gasteiger partial charge in [0.25, 0.3) is 0 Å². The predicted molar refractivity (Wildman–Crippen MR) is 50.9 cm³/mol. The standard InChI is InChI=1S/C10F16O4/c11-1(2-27-4(12,7(17,18)19)9(23,24)28-2)3(6(14,15)16)29-5(13,8(20,21)22)10(25,26)30-3/b2-1+. The molecule has 2 fully saturated rings. The molecule has 2 saturated heterocycles. The number of halogens is 16. The van der Waals surface area contributed by atoms with E-state index in [2.05, 4.69) is 18.9 Å². The van der Waals surface area contributed by atoms with Crippen LogP contribution in [0.15, 0.2) is 11.8 Å². The Bertz CT molecular complexity index is 751. The lowest BCUT2D eigenvalue weighted by Crippen LogP contribution is -2.54. The van der Waals surface area contributed by atoms with E-state index in [4.69, 9.17) is 0 Å². The molecule has 176 valence electrons. The monoisotopic (exact) mass is 488 g/mol. The highest BCUT2D eigenvalue weighted by Gasteiger charge is 2.89. The Kier molecular flexibility index (Phi) is 4.79. The fourth-order valence-corrected chi connectivity index (χ4v) is 1.91. The molecule has 2 aliphatic heterocycles. The van der Waals surface area contributed by atoms with E-state index in [1.54, 1.807) is 0 Å². The van der Waals surface area contributed by atoms with E-state index >= 15 is 0 Å². The normalized spacial score (nSPS) is 38.3. The summed E-state index contributed by atoms with van der Waals surface area (Å²) in [5.74, 6) is -27.4. The van der Waals surface area contributed by atoms with Crippen LogP contribution in [0.25, 0.3) is 0 Å². The van der Waals surface area contributed by atoms with Gasteiger partial charge >= 0.3 is 54.2 Å². The van der Waals surface area contributed by atoms with Gasteiger partial charge in [-0.05, 0) is 0 Å². The third kappa shape index (κ3) is 2.93. The molecule has 3 unspecified atom stereocenters. The Morgan fingerprint density at radius 3 is 1.30 bits per heavy atom. The number of rotatable bonds is 1. The summed E-state index contributed by atoms with van der Waals surface area (Å²) in [5, 5.41) is 0. The lowest BCUT2D eigenvalue weighted by molar-refractivity contribution is -0.398. The predicted octanol–water partition coefficient (Wildman–Crippen LogP) is 5.12. The van der Waals surface area contributed by atoms with E-state index < -0.39 is 60.0 Å². The van der Waals surface area contributed by atoms with Gasteiger partial charge in [0.2, 0.25) is 5.83 Å². The highest BCUT2D eigenvalue weighted by atomic mass is 19.4. The molecule has 0 aromatic carbocycles. The first-order valence-corrected chi connectivity index (χ1v) is 6.41. The maximum absolute atomic E-state index is 14.0. The molecule has 30 heavy (non-hydrogen) atoms. The molecule has 2 rings (SSSR count). The molecular weight excluding hydrogens is 488 g/mol. The second-order valence-corrected chi connectivity index (χ2v) is 5.34. The minimum Gasteiger partial charge on any atom is -0.409 e. The molecule has 0 bridgehead atoms. The smallest absolute Gasteiger partial charge is 0.409 e. The molecule has 2 aliphatic rings. The van der Waals surface area contributed by atoms with E-state index in [1.165, 1.54) is 0 Å². The highest BCUT2D eigenvalue weighted by molar-refractivity contribution is 5.18. The van der Waals surface area contributed by atoms with Crippen LogP contribution in [-0.2, 0) is 18.9 Å². The summed E-state index contributed by atoms with van der Waals surface area (Å²) < 4.78 is 217. The maximum atomic E-state index is 14.0. The first-order chi connectivity index (χ1) is 12.9. The van der Waals surface area contributed by atoms with E-state index in [9.17, 15) is 70.2 Å². The average molecular weight is 488 g/mol. The third-order valence-corrected chi connectivity index (χ3v) is 3.33. The number of alkyl halides is 15. The Morgan fingerprint density at radius 1 is 0.567 bits per heavy atom. The van der Waals surface area contributed by atoms with Crippen LogP contribution >= 0.6 is 0 Å². The van der Waals surface area contributed by atoms with Crippen LogP contribution in [0.1, 0.15) is 0 Å². The molecule has 20 heteroatoms. The maximum Gasteiger partial charge on any atom is 0.483 e. The van der Waals surface area contributed by atoms with E-state index in [0.29, 0.717) is 0 Å². The Morgan fingerprint density at radius 2 is 1.00 bits per heavy atom. The van der Waals surface area contributed by atoms with Gasteiger partial charge in [-0.15, -0.1) is 0 Å². The van der Waals surface area contributed by atoms with Gasteiger partial charge in [0.15, 0.2) is 0 Å². The van der Waals surface area contributed by atoms with Gasteiger partial charge in [-0.3, -0.25) is 9.47 Å². The van der Waals surface area contributed by atoms with Gasteiger partial charge in [0.05, 0.1) is 0 Å². The minimum atomic E-state index is -7.12. The molecule has 0 aromatic rings. The van der Waals surface area contributed by atoms with Gasteiger partial charge in [-0.1, -0.05) is 0 Å². The summed E-state index contributed by atoms with van der Waals surface area (Å²) >= 11 is 0. The van der Waals surface area contributed by atoms with Gasteiger partial charge in [-0.25, -0.2) is 0 Å². The quantitative estimate of drug-likeness (QED) is 0.481. The highest BCUT2D eigenvalue weighted by Crippen LogP contribution is 2.63. The molecule has 0 radical (unpaired) electrons.